The van der Waals surface area contributed by atoms with E-state index in [1.807, 2.05) is 41.3 Å². The van der Waals surface area contributed by atoms with Gasteiger partial charge in [0.25, 0.3) is 5.91 Å². The summed E-state index contributed by atoms with van der Waals surface area (Å²) in [4.78, 5) is 17.4. The minimum atomic E-state index is 0.134. The van der Waals surface area contributed by atoms with Crippen molar-refractivity contribution in [3.8, 4) is 5.75 Å². The first kappa shape index (κ1) is 18.7. The SMILES string of the molecule is COc1ccc(NC2CCCN(C(=O)c3ccc(N4CCCC4)cc3)C2)cc1. The Bertz CT molecular complexity index is 782. The van der Waals surface area contributed by atoms with Crippen LogP contribution in [-0.4, -0.2) is 50.1 Å². The molecule has 0 saturated carbocycles. The topological polar surface area (TPSA) is 44.8 Å². The zero-order chi connectivity index (χ0) is 19.3. The van der Waals surface area contributed by atoms with Gasteiger partial charge in [-0.2, -0.15) is 0 Å². The zero-order valence-electron chi connectivity index (χ0n) is 16.6. The van der Waals surface area contributed by atoms with Crippen LogP contribution in [0.1, 0.15) is 36.0 Å². The molecule has 148 valence electrons. The van der Waals surface area contributed by atoms with Crippen LogP contribution in [0, 0.1) is 0 Å². The standard InChI is InChI=1S/C23H29N3O2/c1-28-22-12-8-19(9-13-22)24-20-5-4-16-26(17-20)23(27)18-6-10-21(11-7-18)25-14-2-3-15-25/h6-13,20,24H,2-5,14-17H2,1H3. The molecule has 2 aliphatic rings. The fraction of sp³-hybridized carbons (Fsp3) is 0.435. The molecule has 1 N–H and O–H groups in total. The molecule has 1 amide bonds. The highest BCUT2D eigenvalue weighted by Crippen LogP contribution is 2.23. The van der Waals surface area contributed by atoms with Crippen molar-refractivity contribution >= 4 is 17.3 Å². The van der Waals surface area contributed by atoms with Crippen molar-refractivity contribution < 1.29 is 9.53 Å². The highest BCUT2D eigenvalue weighted by atomic mass is 16.5. The van der Waals surface area contributed by atoms with E-state index in [0.717, 1.165) is 56.0 Å². The van der Waals surface area contributed by atoms with E-state index in [4.69, 9.17) is 4.74 Å². The smallest absolute Gasteiger partial charge is 0.253 e. The summed E-state index contributed by atoms with van der Waals surface area (Å²) >= 11 is 0. The largest absolute Gasteiger partial charge is 0.497 e. The molecular formula is C23H29N3O2. The van der Waals surface area contributed by atoms with Crippen molar-refractivity contribution in [2.24, 2.45) is 0 Å². The number of piperidine rings is 1. The Balaban J connectivity index is 1.37. The van der Waals surface area contributed by atoms with Gasteiger partial charge in [0.15, 0.2) is 0 Å². The summed E-state index contributed by atoms with van der Waals surface area (Å²) < 4.78 is 5.21. The third-order valence-corrected chi connectivity index (χ3v) is 5.75. The van der Waals surface area contributed by atoms with Crippen LogP contribution in [0.25, 0.3) is 0 Å². The highest BCUT2D eigenvalue weighted by molar-refractivity contribution is 5.94. The number of amides is 1. The molecule has 4 rings (SSSR count). The van der Waals surface area contributed by atoms with Gasteiger partial charge in [0.2, 0.25) is 0 Å². The lowest BCUT2D eigenvalue weighted by atomic mass is 10.0. The molecule has 5 heteroatoms. The molecule has 2 saturated heterocycles. The third-order valence-electron chi connectivity index (χ3n) is 5.75. The van der Waals surface area contributed by atoms with Gasteiger partial charge in [-0.3, -0.25) is 4.79 Å². The van der Waals surface area contributed by atoms with E-state index in [2.05, 4.69) is 22.3 Å². The second-order valence-electron chi connectivity index (χ2n) is 7.70. The highest BCUT2D eigenvalue weighted by Gasteiger charge is 2.24. The lowest BCUT2D eigenvalue weighted by Gasteiger charge is -2.34. The van der Waals surface area contributed by atoms with Gasteiger partial charge in [-0.1, -0.05) is 0 Å². The molecule has 1 atom stereocenters. The minimum Gasteiger partial charge on any atom is -0.497 e. The first-order valence-electron chi connectivity index (χ1n) is 10.3. The van der Waals surface area contributed by atoms with E-state index >= 15 is 0 Å². The van der Waals surface area contributed by atoms with Gasteiger partial charge in [0, 0.05) is 49.2 Å². The molecule has 2 aliphatic heterocycles. The number of hydrogen-bond acceptors (Lipinski definition) is 4. The molecule has 0 bridgehead atoms. The van der Waals surface area contributed by atoms with E-state index in [9.17, 15) is 4.79 Å². The lowest BCUT2D eigenvalue weighted by molar-refractivity contribution is 0.0715. The van der Waals surface area contributed by atoms with Crippen LogP contribution in [0.15, 0.2) is 48.5 Å². The van der Waals surface area contributed by atoms with E-state index in [1.54, 1.807) is 7.11 Å². The summed E-state index contributed by atoms with van der Waals surface area (Å²) in [5, 5.41) is 3.56. The molecule has 2 heterocycles. The van der Waals surface area contributed by atoms with Crippen LogP contribution < -0.4 is 15.0 Å². The van der Waals surface area contributed by atoms with Gasteiger partial charge >= 0.3 is 0 Å². The molecule has 2 aromatic rings. The number of nitrogens with zero attached hydrogens (tertiary/aromatic N) is 2. The van der Waals surface area contributed by atoms with E-state index in [-0.39, 0.29) is 11.9 Å². The van der Waals surface area contributed by atoms with E-state index in [1.165, 1.54) is 18.5 Å². The van der Waals surface area contributed by atoms with Crippen molar-refractivity contribution in [1.82, 2.24) is 4.90 Å². The second kappa shape index (κ2) is 8.55. The zero-order valence-corrected chi connectivity index (χ0v) is 16.6. The van der Waals surface area contributed by atoms with Crippen LogP contribution in [0.3, 0.4) is 0 Å². The van der Waals surface area contributed by atoms with Gasteiger partial charge in [0.1, 0.15) is 5.75 Å². The molecule has 0 aromatic heterocycles. The minimum absolute atomic E-state index is 0.134. The fourth-order valence-electron chi connectivity index (χ4n) is 4.18. The first-order chi connectivity index (χ1) is 13.7. The molecule has 0 radical (unpaired) electrons. The second-order valence-corrected chi connectivity index (χ2v) is 7.70. The molecule has 1 unspecified atom stereocenters. The summed E-state index contributed by atoms with van der Waals surface area (Å²) in [5.41, 5.74) is 3.08. The monoisotopic (exact) mass is 379 g/mol. The number of benzene rings is 2. The predicted octanol–water partition coefficient (Wildman–Crippen LogP) is 4.01. The van der Waals surface area contributed by atoms with Crippen molar-refractivity contribution in [2.75, 3.05) is 43.5 Å². The number of carbonyl (C=O) groups excluding carboxylic acids is 1. The van der Waals surface area contributed by atoms with Crippen molar-refractivity contribution in [3.05, 3.63) is 54.1 Å². The van der Waals surface area contributed by atoms with Crippen LogP contribution in [0.2, 0.25) is 0 Å². The Hall–Kier alpha value is -2.69. The van der Waals surface area contributed by atoms with Crippen molar-refractivity contribution in [2.45, 2.75) is 31.7 Å². The number of nitrogens with one attached hydrogen (secondary N) is 1. The summed E-state index contributed by atoms with van der Waals surface area (Å²) in [6.07, 6.45) is 4.61. The van der Waals surface area contributed by atoms with Crippen molar-refractivity contribution in [1.29, 1.82) is 0 Å². The quantitative estimate of drug-likeness (QED) is 0.852. The molecule has 0 aliphatic carbocycles. The maximum absolute atomic E-state index is 13.0. The molecule has 28 heavy (non-hydrogen) atoms. The Morgan fingerprint density at radius 1 is 0.964 bits per heavy atom. The van der Waals surface area contributed by atoms with Gasteiger partial charge in [0.05, 0.1) is 7.11 Å². The van der Waals surface area contributed by atoms with E-state index in [0.29, 0.717) is 0 Å². The Morgan fingerprint density at radius 3 is 2.36 bits per heavy atom. The molecule has 0 spiro atoms. The maximum atomic E-state index is 13.0. The normalized spacial score (nSPS) is 19.5. The Labute approximate surface area is 167 Å². The molecule has 2 aromatic carbocycles. The van der Waals surface area contributed by atoms with Crippen LogP contribution in [-0.2, 0) is 0 Å². The van der Waals surface area contributed by atoms with Crippen LogP contribution >= 0.6 is 0 Å². The van der Waals surface area contributed by atoms with Crippen molar-refractivity contribution in [3.63, 3.8) is 0 Å². The molecule has 5 nitrogen and oxygen atoms in total. The molecular weight excluding hydrogens is 350 g/mol. The van der Waals surface area contributed by atoms with Gasteiger partial charge in [-0.05, 0) is 74.2 Å². The van der Waals surface area contributed by atoms with Gasteiger partial charge < -0.3 is 19.9 Å². The number of carbonyl (C=O) groups is 1. The molecule has 2 fully saturated rings. The maximum Gasteiger partial charge on any atom is 0.253 e. The average Bonchev–Trinajstić information content (AvgIpc) is 3.29. The number of hydrogen-bond donors (Lipinski definition) is 1. The summed E-state index contributed by atoms with van der Waals surface area (Å²) in [6, 6.07) is 16.4. The summed E-state index contributed by atoms with van der Waals surface area (Å²) in [6.45, 7) is 3.81. The van der Waals surface area contributed by atoms with E-state index < -0.39 is 0 Å². The Morgan fingerprint density at radius 2 is 1.68 bits per heavy atom. The summed E-state index contributed by atoms with van der Waals surface area (Å²) in [7, 11) is 1.67. The Kier molecular flexibility index (Phi) is 5.70. The summed E-state index contributed by atoms with van der Waals surface area (Å²) in [5.74, 6) is 0.984. The van der Waals surface area contributed by atoms with Crippen LogP contribution in [0.4, 0.5) is 11.4 Å². The number of rotatable bonds is 5. The number of ether oxygens (including phenoxy) is 1. The van der Waals surface area contributed by atoms with Crippen LogP contribution in [0.5, 0.6) is 5.75 Å². The average molecular weight is 380 g/mol. The van der Waals surface area contributed by atoms with Gasteiger partial charge in [-0.25, -0.2) is 0 Å². The van der Waals surface area contributed by atoms with Gasteiger partial charge in [-0.15, -0.1) is 0 Å². The fourth-order valence-corrected chi connectivity index (χ4v) is 4.18. The number of anilines is 2. The third kappa shape index (κ3) is 4.24. The number of methoxy groups -OCH3 is 1. The number of likely N-dealkylation sites (tertiary alicyclic amines) is 1. The lowest BCUT2D eigenvalue weighted by Crippen LogP contribution is -2.45. The predicted molar refractivity (Wildman–Crippen MR) is 113 cm³/mol. The first-order valence-corrected chi connectivity index (χ1v) is 10.3.